The lowest BCUT2D eigenvalue weighted by Gasteiger charge is -2.12. The molecule has 2 N–H and O–H groups in total. The van der Waals surface area contributed by atoms with Gasteiger partial charge in [0, 0.05) is 12.1 Å². The summed E-state index contributed by atoms with van der Waals surface area (Å²) in [6.45, 7) is 4.34. The van der Waals surface area contributed by atoms with Gasteiger partial charge in [-0.15, -0.1) is 0 Å². The Labute approximate surface area is 113 Å². The molecular weight excluding hydrogens is 244 g/mol. The van der Waals surface area contributed by atoms with Crippen molar-refractivity contribution >= 4 is 5.69 Å². The van der Waals surface area contributed by atoms with E-state index < -0.39 is 4.92 Å². The first-order valence-electron chi connectivity index (χ1n) is 6.74. The molecule has 106 valence electrons. The minimum atomic E-state index is -0.411. The highest BCUT2D eigenvalue weighted by atomic mass is 16.6. The summed E-state index contributed by atoms with van der Waals surface area (Å²) < 4.78 is 5.25. The molecule has 0 saturated carbocycles. The van der Waals surface area contributed by atoms with Crippen LogP contribution in [0, 0.1) is 10.1 Å². The Kier molecular flexibility index (Phi) is 6.29. The minimum absolute atomic E-state index is 0.0158. The van der Waals surface area contributed by atoms with Gasteiger partial charge in [0.15, 0.2) is 5.75 Å². The van der Waals surface area contributed by atoms with Crippen LogP contribution >= 0.6 is 0 Å². The zero-order valence-electron chi connectivity index (χ0n) is 11.6. The lowest BCUT2D eigenvalue weighted by molar-refractivity contribution is -0.385. The van der Waals surface area contributed by atoms with Crippen LogP contribution in [0.4, 0.5) is 5.69 Å². The van der Waals surface area contributed by atoms with E-state index in [9.17, 15) is 10.1 Å². The normalized spacial score (nSPS) is 12.2. The molecule has 5 nitrogen and oxygen atoms in total. The maximum atomic E-state index is 11.0. The number of nitrogens with two attached hydrogens (primary N) is 1. The van der Waals surface area contributed by atoms with Gasteiger partial charge in [-0.25, -0.2) is 0 Å². The fourth-order valence-corrected chi connectivity index (χ4v) is 1.98. The standard InChI is InChI=1S/C14H22N2O3/c1-3-5-6-12(15)9-11-7-8-14(19-4-2)13(10-11)16(17)18/h7-8,10,12H,3-6,9,15H2,1-2H3. The van der Waals surface area contributed by atoms with Gasteiger partial charge in [0.2, 0.25) is 0 Å². The van der Waals surface area contributed by atoms with Gasteiger partial charge < -0.3 is 10.5 Å². The summed E-state index contributed by atoms with van der Waals surface area (Å²) >= 11 is 0. The van der Waals surface area contributed by atoms with E-state index in [1.807, 2.05) is 6.07 Å². The van der Waals surface area contributed by atoms with E-state index in [0.29, 0.717) is 18.8 Å². The van der Waals surface area contributed by atoms with Crippen LogP contribution in [-0.2, 0) is 6.42 Å². The summed E-state index contributed by atoms with van der Waals surface area (Å²) in [5.41, 5.74) is 6.92. The van der Waals surface area contributed by atoms with Crippen molar-refractivity contribution in [2.24, 2.45) is 5.73 Å². The second-order valence-electron chi connectivity index (χ2n) is 4.60. The van der Waals surface area contributed by atoms with Crippen LogP contribution in [0.1, 0.15) is 38.7 Å². The van der Waals surface area contributed by atoms with Gasteiger partial charge in [0.05, 0.1) is 11.5 Å². The highest BCUT2D eigenvalue weighted by Gasteiger charge is 2.16. The van der Waals surface area contributed by atoms with Crippen LogP contribution < -0.4 is 10.5 Å². The largest absolute Gasteiger partial charge is 0.487 e. The Morgan fingerprint density at radius 2 is 2.16 bits per heavy atom. The van der Waals surface area contributed by atoms with E-state index in [1.165, 1.54) is 0 Å². The summed E-state index contributed by atoms with van der Waals surface area (Å²) in [6, 6.07) is 5.13. The Balaban J connectivity index is 2.80. The molecule has 1 aromatic carbocycles. The van der Waals surface area contributed by atoms with Crippen molar-refractivity contribution in [3.8, 4) is 5.75 Å². The van der Waals surface area contributed by atoms with E-state index >= 15 is 0 Å². The van der Waals surface area contributed by atoms with E-state index in [-0.39, 0.29) is 11.7 Å². The summed E-state index contributed by atoms with van der Waals surface area (Å²) in [5, 5.41) is 11.0. The zero-order chi connectivity index (χ0) is 14.3. The van der Waals surface area contributed by atoms with Gasteiger partial charge in [0.1, 0.15) is 0 Å². The molecule has 0 aliphatic heterocycles. The molecule has 0 spiro atoms. The van der Waals surface area contributed by atoms with E-state index in [1.54, 1.807) is 19.1 Å². The smallest absolute Gasteiger partial charge is 0.311 e. The molecule has 0 aliphatic carbocycles. The van der Waals surface area contributed by atoms with Crippen LogP contribution in [0.5, 0.6) is 5.75 Å². The van der Waals surface area contributed by atoms with Crippen LogP contribution in [0.25, 0.3) is 0 Å². The molecule has 19 heavy (non-hydrogen) atoms. The molecule has 0 fully saturated rings. The molecule has 0 aromatic heterocycles. The van der Waals surface area contributed by atoms with Crippen LogP contribution in [0.2, 0.25) is 0 Å². The molecule has 1 aromatic rings. The Morgan fingerprint density at radius 1 is 1.42 bits per heavy atom. The second-order valence-corrected chi connectivity index (χ2v) is 4.60. The van der Waals surface area contributed by atoms with Crippen molar-refractivity contribution in [3.63, 3.8) is 0 Å². The molecular formula is C14H22N2O3. The predicted molar refractivity (Wildman–Crippen MR) is 75.5 cm³/mol. The molecule has 0 aliphatic rings. The highest BCUT2D eigenvalue weighted by molar-refractivity contribution is 5.48. The highest BCUT2D eigenvalue weighted by Crippen LogP contribution is 2.28. The summed E-state index contributed by atoms with van der Waals surface area (Å²) in [6.07, 6.45) is 3.79. The second kappa shape index (κ2) is 7.74. The number of unbranched alkanes of at least 4 members (excludes halogenated alkanes) is 1. The maximum absolute atomic E-state index is 11.0. The Bertz CT molecular complexity index is 421. The monoisotopic (exact) mass is 266 g/mol. The topological polar surface area (TPSA) is 78.4 Å². The van der Waals surface area contributed by atoms with E-state index in [0.717, 1.165) is 24.8 Å². The molecule has 0 radical (unpaired) electrons. The third-order valence-electron chi connectivity index (χ3n) is 2.95. The van der Waals surface area contributed by atoms with Crippen molar-refractivity contribution < 1.29 is 9.66 Å². The maximum Gasteiger partial charge on any atom is 0.311 e. The Hall–Kier alpha value is -1.62. The van der Waals surface area contributed by atoms with Gasteiger partial charge in [-0.1, -0.05) is 25.8 Å². The number of ether oxygens (including phenoxy) is 1. The summed E-state index contributed by atoms with van der Waals surface area (Å²) in [7, 11) is 0. The fraction of sp³-hybridized carbons (Fsp3) is 0.571. The third kappa shape index (κ3) is 4.87. The Morgan fingerprint density at radius 3 is 2.74 bits per heavy atom. The van der Waals surface area contributed by atoms with Crippen LogP contribution in [-0.4, -0.2) is 17.6 Å². The van der Waals surface area contributed by atoms with Crippen molar-refractivity contribution in [3.05, 3.63) is 33.9 Å². The minimum Gasteiger partial charge on any atom is -0.487 e. The SMILES string of the molecule is CCCCC(N)Cc1ccc(OCC)c([N+](=O)[O-])c1. The quantitative estimate of drug-likeness (QED) is 0.579. The summed E-state index contributed by atoms with van der Waals surface area (Å²) in [4.78, 5) is 10.6. The first-order chi connectivity index (χ1) is 9.08. The number of hydrogen-bond acceptors (Lipinski definition) is 4. The lowest BCUT2D eigenvalue weighted by Crippen LogP contribution is -2.22. The number of hydrogen-bond donors (Lipinski definition) is 1. The van der Waals surface area contributed by atoms with Gasteiger partial charge in [-0.3, -0.25) is 10.1 Å². The fourth-order valence-electron chi connectivity index (χ4n) is 1.98. The van der Waals surface area contributed by atoms with E-state index in [4.69, 9.17) is 10.5 Å². The van der Waals surface area contributed by atoms with Crippen molar-refractivity contribution in [2.75, 3.05) is 6.61 Å². The summed E-state index contributed by atoms with van der Waals surface area (Å²) in [5.74, 6) is 0.318. The first kappa shape index (κ1) is 15.4. The lowest BCUT2D eigenvalue weighted by atomic mass is 10.0. The molecule has 0 heterocycles. The van der Waals surface area contributed by atoms with Gasteiger partial charge in [-0.2, -0.15) is 0 Å². The van der Waals surface area contributed by atoms with E-state index in [2.05, 4.69) is 6.92 Å². The van der Waals surface area contributed by atoms with Crippen molar-refractivity contribution in [2.45, 2.75) is 45.6 Å². The zero-order valence-corrected chi connectivity index (χ0v) is 11.6. The number of benzene rings is 1. The number of nitro groups is 1. The van der Waals surface area contributed by atoms with Crippen molar-refractivity contribution in [1.82, 2.24) is 0 Å². The van der Waals surface area contributed by atoms with Gasteiger partial charge >= 0.3 is 5.69 Å². The average Bonchev–Trinajstić information content (AvgIpc) is 2.38. The molecule has 1 rings (SSSR count). The molecule has 0 saturated heterocycles. The predicted octanol–water partition coefficient (Wildman–Crippen LogP) is 3.05. The number of nitrogens with zero attached hydrogens (tertiary/aromatic N) is 1. The molecule has 1 unspecified atom stereocenters. The van der Waals surface area contributed by atoms with Gasteiger partial charge in [-0.05, 0) is 31.4 Å². The molecule has 1 atom stereocenters. The van der Waals surface area contributed by atoms with Crippen LogP contribution in [0.3, 0.4) is 0 Å². The van der Waals surface area contributed by atoms with Crippen molar-refractivity contribution in [1.29, 1.82) is 0 Å². The molecule has 0 bridgehead atoms. The number of rotatable bonds is 8. The van der Waals surface area contributed by atoms with Crippen LogP contribution in [0.15, 0.2) is 18.2 Å². The molecule has 0 amide bonds. The van der Waals surface area contributed by atoms with Gasteiger partial charge in [0.25, 0.3) is 0 Å². The third-order valence-corrected chi connectivity index (χ3v) is 2.95. The first-order valence-corrected chi connectivity index (χ1v) is 6.74. The molecule has 5 heteroatoms. The average molecular weight is 266 g/mol. The number of nitro benzene ring substituents is 1.